The molecular formula is C12H28N2O2. The summed E-state index contributed by atoms with van der Waals surface area (Å²) in [6, 6.07) is 0. The van der Waals surface area contributed by atoms with Gasteiger partial charge >= 0.3 is 6.09 Å². The van der Waals surface area contributed by atoms with Gasteiger partial charge in [-0.25, -0.2) is 4.79 Å². The van der Waals surface area contributed by atoms with E-state index in [0.29, 0.717) is 6.54 Å². The van der Waals surface area contributed by atoms with Gasteiger partial charge in [0.1, 0.15) is 0 Å². The van der Waals surface area contributed by atoms with Gasteiger partial charge in [-0.1, -0.05) is 13.8 Å². The number of nitrogens with one attached hydrogen (secondary N) is 1. The molecule has 0 saturated carbocycles. The van der Waals surface area contributed by atoms with E-state index in [4.69, 9.17) is 4.74 Å². The molecule has 16 heavy (non-hydrogen) atoms. The van der Waals surface area contributed by atoms with Crippen molar-refractivity contribution in [3.05, 3.63) is 0 Å². The van der Waals surface area contributed by atoms with Gasteiger partial charge in [0.2, 0.25) is 0 Å². The van der Waals surface area contributed by atoms with Crippen molar-refractivity contribution >= 4 is 6.09 Å². The van der Waals surface area contributed by atoms with Gasteiger partial charge in [-0.05, 0) is 46.3 Å². The van der Waals surface area contributed by atoms with E-state index in [1.54, 1.807) is 0 Å². The Labute approximate surface area is 101 Å². The molecule has 1 N–H and O–H groups in total. The van der Waals surface area contributed by atoms with Crippen molar-refractivity contribution in [3.8, 4) is 0 Å². The first kappa shape index (κ1) is 15.2. The summed E-state index contributed by atoms with van der Waals surface area (Å²) >= 11 is 0. The van der Waals surface area contributed by atoms with E-state index >= 15 is 0 Å². The molecule has 0 aromatic carbocycles. The van der Waals surface area contributed by atoms with E-state index in [1.807, 2.05) is 13.8 Å². The van der Waals surface area contributed by atoms with Crippen molar-refractivity contribution in [2.75, 3.05) is 26.2 Å². The van der Waals surface area contributed by atoms with Crippen LogP contribution in [0.4, 0.5) is 4.79 Å². The van der Waals surface area contributed by atoms with E-state index in [2.05, 4.69) is 24.1 Å². The van der Waals surface area contributed by atoms with Crippen LogP contribution in [0.25, 0.3) is 0 Å². The second-order valence-electron chi connectivity index (χ2n) is 4.17. The predicted molar refractivity (Wildman–Crippen MR) is 68.8 cm³/mol. The second-order valence-corrected chi connectivity index (χ2v) is 4.17. The average Bonchev–Trinajstić information content (AvgIpc) is 2.21. The zero-order chi connectivity index (χ0) is 12.4. The van der Waals surface area contributed by atoms with Crippen LogP contribution < -0.4 is 5.32 Å². The highest BCUT2D eigenvalue weighted by atomic mass is 16.6. The molecule has 0 spiro atoms. The minimum absolute atomic E-state index is 0. The zero-order valence-electron chi connectivity index (χ0n) is 11.1. The van der Waals surface area contributed by atoms with Crippen LogP contribution >= 0.6 is 0 Å². The number of alkyl carbamates (subject to hydrolysis) is 1. The topological polar surface area (TPSA) is 41.6 Å². The van der Waals surface area contributed by atoms with Crippen LogP contribution in [0, 0.1) is 0 Å². The third-order valence-electron chi connectivity index (χ3n) is 2.25. The molecule has 0 bridgehead atoms. The van der Waals surface area contributed by atoms with Crippen LogP contribution in [-0.2, 0) is 4.74 Å². The molecule has 0 saturated heterocycles. The van der Waals surface area contributed by atoms with Crippen molar-refractivity contribution in [2.24, 2.45) is 0 Å². The molecule has 0 aliphatic heterocycles. The highest BCUT2D eigenvalue weighted by molar-refractivity contribution is 5.67. The minimum Gasteiger partial charge on any atom is -0.447 e. The fraction of sp³-hybridized carbons (Fsp3) is 0.917. The summed E-state index contributed by atoms with van der Waals surface area (Å²) in [4.78, 5) is 13.5. The van der Waals surface area contributed by atoms with Gasteiger partial charge in [-0.2, -0.15) is 0 Å². The normalized spacial score (nSPS) is 10.9. The van der Waals surface area contributed by atoms with Gasteiger partial charge < -0.3 is 15.0 Å². The van der Waals surface area contributed by atoms with Crippen molar-refractivity contribution in [1.82, 2.24) is 10.2 Å². The maximum atomic E-state index is 11.1. The summed E-state index contributed by atoms with van der Waals surface area (Å²) in [6.45, 7) is 12.0. The average molecular weight is 232 g/mol. The molecule has 4 heteroatoms. The highest BCUT2D eigenvalue weighted by Gasteiger charge is 2.04. The summed E-state index contributed by atoms with van der Waals surface area (Å²) in [6.07, 6.45) is 1.79. The molecule has 0 heterocycles. The molecule has 0 fully saturated rings. The van der Waals surface area contributed by atoms with Crippen LogP contribution in [0.5, 0.6) is 0 Å². The molecule has 0 rings (SSSR count). The summed E-state index contributed by atoms with van der Waals surface area (Å²) in [5, 5.41) is 2.75. The van der Waals surface area contributed by atoms with E-state index < -0.39 is 0 Å². The Bertz CT molecular complexity index is 189. The van der Waals surface area contributed by atoms with E-state index in [9.17, 15) is 4.79 Å². The highest BCUT2D eigenvalue weighted by Crippen LogP contribution is 1.93. The minimum atomic E-state index is -0.312. The number of nitrogens with zero attached hydrogens (tertiary/aromatic N) is 1. The van der Waals surface area contributed by atoms with Crippen molar-refractivity contribution in [2.45, 2.75) is 46.6 Å². The maximum Gasteiger partial charge on any atom is 0.407 e. The molecule has 4 nitrogen and oxygen atoms in total. The fourth-order valence-electron chi connectivity index (χ4n) is 1.49. The quantitative estimate of drug-likeness (QED) is 0.654. The number of rotatable bonds is 8. The van der Waals surface area contributed by atoms with Gasteiger partial charge in [-0.15, -0.1) is 0 Å². The Morgan fingerprint density at radius 2 is 2.06 bits per heavy atom. The first-order chi connectivity index (χ1) is 7.60. The van der Waals surface area contributed by atoms with Crippen LogP contribution in [-0.4, -0.2) is 43.3 Å². The smallest absolute Gasteiger partial charge is 0.407 e. The Morgan fingerprint density at radius 3 is 2.56 bits per heavy atom. The lowest BCUT2D eigenvalue weighted by molar-refractivity contribution is 0.115. The van der Waals surface area contributed by atoms with Crippen molar-refractivity contribution in [1.29, 1.82) is 0 Å². The van der Waals surface area contributed by atoms with Gasteiger partial charge in [0.25, 0.3) is 0 Å². The van der Waals surface area contributed by atoms with Crippen LogP contribution in [0.3, 0.4) is 0 Å². The third kappa shape index (κ3) is 8.53. The lowest BCUT2D eigenvalue weighted by Gasteiger charge is -2.19. The molecule has 1 amide bonds. The predicted octanol–water partition coefficient (Wildman–Crippen LogP) is 2.49. The summed E-state index contributed by atoms with van der Waals surface area (Å²) in [5.41, 5.74) is 0. The maximum absolute atomic E-state index is 11.1. The molecule has 98 valence electrons. The van der Waals surface area contributed by atoms with E-state index in [1.165, 1.54) is 6.42 Å². The standard InChI is InChI=1S/C12H26N2O2.H2/c1-5-9-14(6-2)10-7-8-13-12(15)16-11(3)4;/h11H,5-10H2,1-4H3,(H,13,15);1H. The number of ether oxygens (including phenoxy) is 1. The molecule has 0 aromatic rings. The summed E-state index contributed by atoms with van der Waals surface area (Å²) in [7, 11) is 0. The number of hydrogen-bond donors (Lipinski definition) is 1. The van der Waals surface area contributed by atoms with Crippen molar-refractivity contribution < 1.29 is 11.0 Å². The number of carbonyl (C=O) groups is 1. The van der Waals surface area contributed by atoms with Gasteiger partial charge in [-0.3, -0.25) is 0 Å². The Morgan fingerprint density at radius 1 is 1.38 bits per heavy atom. The number of hydrogen-bond acceptors (Lipinski definition) is 3. The van der Waals surface area contributed by atoms with Crippen LogP contribution in [0.1, 0.15) is 42.0 Å². The summed E-state index contributed by atoms with van der Waals surface area (Å²) < 4.78 is 4.97. The first-order valence-electron chi connectivity index (χ1n) is 6.27. The molecular weight excluding hydrogens is 204 g/mol. The first-order valence-corrected chi connectivity index (χ1v) is 6.27. The number of carbonyl (C=O) groups excluding carboxylic acids is 1. The monoisotopic (exact) mass is 232 g/mol. The zero-order valence-corrected chi connectivity index (χ0v) is 11.1. The molecule has 0 aliphatic carbocycles. The third-order valence-corrected chi connectivity index (χ3v) is 2.25. The SMILES string of the molecule is CCCN(CC)CCCNC(=O)OC(C)C.[HH]. The Balaban J connectivity index is 0. The van der Waals surface area contributed by atoms with Gasteiger partial charge in [0, 0.05) is 7.97 Å². The molecule has 0 radical (unpaired) electrons. The van der Waals surface area contributed by atoms with E-state index in [0.717, 1.165) is 26.1 Å². The van der Waals surface area contributed by atoms with Gasteiger partial charge in [0.05, 0.1) is 6.10 Å². The molecule has 0 atom stereocenters. The lowest BCUT2D eigenvalue weighted by atomic mass is 10.3. The van der Waals surface area contributed by atoms with Gasteiger partial charge in [0.15, 0.2) is 0 Å². The number of amides is 1. The van der Waals surface area contributed by atoms with Crippen LogP contribution in [0.2, 0.25) is 0 Å². The largest absolute Gasteiger partial charge is 0.447 e. The Hall–Kier alpha value is -0.770. The summed E-state index contributed by atoms with van der Waals surface area (Å²) in [5.74, 6) is 0. The second kappa shape index (κ2) is 9.46. The molecule has 0 aliphatic rings. The molecule has 0 unspecified atom stereocenters. The molecule has 0 aromatic heterocycles. The fourth-order valence-corrected chi connectivity index (χ4v) is 1.49. The van der Waals surface area contributed by atoms with E-state index in [-0.39, 0.29) is 13.6 Å². The van der Waals surface area contributed by atoms with Crippen LogP contribution in [0.15, 0.2) is 0 Å². The lowest BCUT2D eigenvalue weighted by Crippen LogP contribution is -2.31. The van der Waals surface area contributed by atoms with Crippen molar-refractivity contribution in [3.63, 3.8) is 0 Å². The Kier molecular flexibility index (Phi) is 9.00.